The van der Waals surface area contributed by atoms with Crippen molar-refractivity contribution in [1.82, 2.24) is 4.31 Å². The summed E-state index contributed by atoms with van der Waals surface area (Å²) in [5, 5.41) is 0. The first-order valence-corrected chi connectivity index (χ1v) is 8.03. The van der Waals surface area contributed by atoms with E-state index in [4.69, 9.17) is 10.5 Å². The van der Waals surface area contributed by atoms with E-state index in [9.17, 15) is 12.8 Å². The lowest BCUT2D eigenvalue weighted by atomic mass is 10.2. The Morgan fingerprint density at radius 3 is 2.85 bits per heavy atom. The molecular weight excluding hydrogens is 283 g/mol. The van der Waals surface area contributed by atoms with E-state index < -0.39 is 15.8 Å². The monoisotopic (exact) mass is 302 g/mol. The van der Waals surface area contributed by atoms with Gasteiger partial charge in [0.2, 0.25) is 10.0 Å². The lowest BCUT2D eigenvalue weighted by Gasteiger charge is -2.31. The highest BCUT2D eigenvalue weighted by atomic mass is 32.2. The van der Waals surface area contributed by atoms with Crippen LogP contribution in [0.3, 0.4) is 0 Å². The summed E-state index contributed by atoms with van der Waals surface area (Å²) < 4.78 is 45.6. The SMILES string of the molecule is CCC1CN(S(=O)(=O)c2ccc(CN)cc2F)CCO1. The number of morpholine rings is 1. The molecule has 112 valence electrons. The van der Waals surface area contributed by atoms with Gasteiger partial charge < -0.3 is 10.5 Å². The van der Waals surface area contributed by atoms with Crippen LogP contribution in [0.2, 0.25) is 0 Å². The van der Waals surface area contributed by atoms with Crippen LogP contribution >= 0.6 is 0 Å². The number of hydrogen-bond donors (Lipinski definition) is 1. The number of rotatable bonds is 4. The van der Waals surface area contributed by atoms with Crippen LogP contribution < -0.4 is 5.73 Å². The van der Waals surface area contributed by atoms with Crippen LogP contribution in [0.4, 0.5) is 4.39 Å². The van der Waals surface area contributed by atoms with E-state index in [-0.39, 0.29) is 30.6 Å². The minimum absolute atomic E-state index is 0.134. The number of sulfonamides is 1. The predicted octanol–water partition coefficient (Wildman–Crippen LogP) is 1.08. The Balaban J connectivity index is 2.30. The van der Waals surface area contributed by atoms with Crippen LogP contribution in [-0.4, -0.2) is 38.5 Å². The molecule has 5 nitrogen and oxygen atoms in total. The zero-order valence-corrected chi connectivity index (χ0v) is 12.2. The summed E-state index contributed by atoms with van der Waals surface area (Å²) in [6.07, 6.45) is 0.588. The third-order valence-electron chi connectivity index (χ3n) is 3.41. The molecule has 1 aromatic rings. The Kier molecular flexibility index (Phi) is 4.74. The van der Waals surface area contributed by atoms with Crippen molar-refractivity contribution in [3.05, 3.63) is 29.6 Å². The van der Waals surface area contributed by atoms with Gasteiger partial charge in [-0.2, -0.15) is 4.31 Å². The van der Waals surface area contributed by atoms with Crippen molar-refractivity contribution in [2.45, 2.75) is 30.9 Å². The molecule has 0 aromatic heterocycles. The van der Waals surface area contributed by atoms with Crippen molar-refractivity contribution in [3.8, 4) is 0 Å². The molecule has 20 heavy (non-hydrogen) atoms. The van der Waals surface area contributed by atoms with Crippen molar-refractivity contribution in [1.29, 1.82) is 0 Å². The lowest BCUT2D eigenvalue weighted by molar-refractivity contribution is -0.00283. The fourth-order valence-electron chi connectivity index (χ4n) is 2.18. The number of nitrogens with zero attached hydrogens (tertiary/aromatic N) is 1. The predicted molar refractivity (Wildman–Crippen MR) is 73.1 cm³/mol. The van der Waals surface area contributed by atoms with Crippen LogP contribution in [0, 0.1) is 5.82 Å². The molecule has 0 aliphatic carbocycles. The first-order chi connectivity index (χ1) is 9.48. The highest BCUT2D eigenvalue weighted by molar-refractivity contribution is 7.89. The summed E-state index contributed by atoms with van der Waals surface area (Å²) in [6.45, 7) is 2.94. The quantitative estimate of drug-likeness (QED) is 0.903. The standard InChI is InChI=1S/C13H19FN2O3S/c1-2-11-9-16(5-6-19-11)20(17,18)13-4-3-10(8-15)7-12(13)14/h3-4,7,11H,2,5-6,8-9,15H2,1H3. The molecule has 1 unspecified atom stereocenters. The average molecular weight is 302 g/mol. The van der Waals surface area contributed by atoms with E-state index in [0.29, 0.717) is 12.2 Å². The fraction of sp³-hybridized carbons (Fsp3) is 0.538. The van der Waals surface area contributed by atoms with Gasteiger partial charge in [0.25, 0.3) is 0 Å². The van der Waals surface area contributed by atoms with Gasteiger partial charge in [0, 0.05) is 19.6 Å². The van der Waals surface area contributed by atoms with Gasteiger partial charge in [-0.15, -0.1) is 0 Å². The van der Waals surface area contributed by atoms with Gasteiger partial charge >= 0.3 is 0 Å². The van der Waals surface area contributed by atoms with Crippen LogP contribution in [0.25, 0.3) is 0 Å². The Morgan fingerprint density at radius 2 is 2.25 bits per heavy atom. The molecule has 1 fully saturated rings. The van der Waals surface area contributed by atoms with Gasteiger partial charge in [-0.05, 0) is 24.1 Å². The van der Waals surface area contributed by atoms with Crippen molar-refractivity contribution in [3.63, 3.8) is 0 Å². The molecule has 1 aliphatic rings. The molecule has 0 amide bonds. The number of benzene rings is 1. The summed E-state index contributed by atoms with van der Waals surface area (Å²) in [7, 11) is -3.82. The van der Waals surface area contributed by atoms with Crippen molar-refractivity contribution in [2.24, 2.45) is 5.73 Å². The largest absolute Gasteiger partial charge is 0.375 e. The highest BCUT2D eigenvalue weighted by Crippen LogP contribution is 2.23. The minimum Gasteiger partial charge on any atom is -0.375 e. The maximum atomic E-state index is 14.0. The molecule has 1 atom stereocenters. The van der Waals surface area contributed by atoms with Crippen molar-refractivity contribution < 1.29 is 17.5 Å². The summed E-state index contributed by atoms with van der Waals surface area (Å²) in [4.78, 5) is -0.300. The number of hydrogen-bond acceptors (Lipinski definition) is 4. The van der Waals surface area contributed by atoms with Gasteiger partial charge in [-0.3, -0.25) is 0 Å². The molecule has 1 aromatic carbocycles. The molecule has 1 heterocycles. The summed E-state index contributed by atoms with van der Waals surface area (Å²) in [5.41, 5.74) is 5.98. The van der Waals surface area contributed by atoms with Crippen LogP contribution in [0.15, 0.2) is 23.1 Å². The average Bonchev–Trinajstić information content (AvgIpc) is 2.46. The van der Waals surface area contributed by atoms with E-state index in [1.54, 1.807) is 0 Å². The topological polar surface area (TPSA) is 72.6 Å². The van der Waals surface area contributed by atoms with Crippen molar-refractivity contribution >= 4 is 10.0 Å². The van der Waals surface area contributed by atoms with Gasteiger partial charge in [0.05, 0.1) is 12.7 Å². The third-order valence-corrected chi connectivity index (χ3v) is 5.31. The second-order valence-corrected chi connectivity index (χ2v) is 6.64. The van der Waals surface area contributed by atoms with E-state index in [2.05, 4.69) is 0 Å². The molecule has 2 rings (SSSR count). The zero-order chi connectivity index (χ0) is 14.8. The highest BCUT2D eigenvalue weighted by Gasteiger charge is 2.31. The Morgan fingerprint density at radius 1 is 1.50 bits per heavy atom. The van der Waals surface area contributed by atoms with Gasteiger partial charge in [0.1, 0.15) is 10.7 Å². The summed E-state index contributed by atoms with van der Waals surface area (Å²) >= 11 is 0. The smallest absolute Gasteiger partial charge is 0.246 e. The molecule has 2 N–H and O–H groups in total. The minimum atomic E-state index is -3.82. The number of nitrogens with two attached hydrogens (primary N) is 1. The Bertz CT molecular complexity index is 577. The molecule has 1 saturated heterocycles. The molecule has 0 spiro atoms. The van der Waals surface area contributed by atoms with E-state index >= 15 is 0 Å². The van der Waals surface area contributed by atoms with Gasteiger partial charge in [0.15, 0.2) is 0 Å². The maximum Gasteiger partial charge on any atom is 0.246 e. The summed E-state index contributed by atoms with van der Waals surface area (Å²) in [6, 6.07) is 3.99. The molecule has 0 bridgehead atoms. The zero-order valence-electron chi connectivity index (χ0n) is 11.4. The van der Waals surface area contributed by atoms with Crippen LogP contribution in [0.5, 0.6) is 0 Å². The van der Waals surface area contributed by atoms with Gasteiger partial charge in [-0.1, -0.05) is 13.0 Å². The first-order valence-electron chi connectivity index (χ1n) is 6.59. The molecular formula is C13H19FN2O3S. The second-order valence-electron chi connectivity index (χ2n) is 4.73. The molecule has 1 aliphatic heterocycles. The summed E-state index contributed by atoms with van der Waals surface area (Å²) in [5.74, 6) is -0.757. The van der Waals surface area contributed by atoms with E-state index in [1.807, 2.05) is 6.92 Å². The van der Waals surface area contributed by atoms with Gasteiger partial charge in [-0.25, -0.2) is 12.8 Å². The maximum absolute atomic E-state index is 14.0. The van der Waals surface area contributed by atoms with Crippen LogP contribution in [-0.2, 0) is 21.3 Å². The number of halogens is 1. The lowest BCUT2D eigenvalue weighted by Crippen LogP contribution is -2.45. The Hall–Kier alpha value is -1.02. The molecule has 0 radical (unpaired) electrons. The van der Waals surface area contributed by atoms with Crippen molar-refractivity contribution in [2.75, 3.05) is 19.7 Å². The van der Waals surface area contributed by atoms with E-state index in [1.165, 1.54) is 22.5 Å². The molecule has 0 saturated carbocycles. The molecule has 7 heteroatoms. The third kappa shape index (κ3) is 3.01. The first kappa shape index (κ1) is 15.4. The van der Waals surface area contributed by atoms with E-state index in [0.717, 1.165) is 6.42 Å². The normalized spacial score (nSPS) is 21.1. The fourth-order valence-corrected chi connectivity index (χ4v) is 3.68. The number of ether oxygens (including phenoxy) is 1. The Labute approximate surface area is 118 Å². The van der Waals surface area contributed by atoms with Crippen LogP contribution in [0.1, 0.15) is 18.9 Å². The second kappa shape index (κ2) is 6.17.